The summed E-state index contributed by atoms with van der Waals surface area (Å²) in [4.78, 5) is 14.9. The van der Waals surface area contributed by atoms with Crippen molar-refractivity contribution in [2.24, 2.45) is 0 Å². The molecule has 0 saturated carbocycles. The van der Waals surface area contributed by atoms with Gasteiger partial charge >= 0.3 is 0 Å². The minimum atomic E-state index is -0.207. The van der Waals surface area contributed by atoms with Crippen LogP contribution in [0.4, 0.5) is 0 Å². The molecular weight excluding hydrogens is 396 g/mol. The van der Waals surface area contributed by atoms with Gasteiger partial charge in [-0.15, -0.1) is 10.2 Å². The van der Waals surface area contributed by atoms with E-state index >= 15 is 0 Å². The number of likely N-dealkylation sites (tertiary alicyclic amines) is 1. The lowest BCUT2D eigenvalue weighted by molar-refractivity contribution is -0.130. The van der Waals surface area contributed by atoms with Crippen LogP contribution in [0.15, 0.2) is 29.4 Å². The smallest absolute Gasteiger partial charge is 0.235 e. The largest absolute Gasteiger partial charge is 0.383 e. The number of nitrogens with zero attached hydrogens (tertiary/aromatic N) is 4. The molecule has 1 aromatic heterocycles. The summed E-state index contributed by atoms with van der Waals surface area (Å²) in [5.41, 5.74) is 0.936. The summed E-state index contributed by atoms with van der Waals surface area (Å²) in [5.74, 6) is 0.937. The van der Waals surface area contributed by atoms with Crippen LogP contribution in [0.3, 0.4) is 0 Å². The van der Waals surface area contributed by atoms with Crippen LogP contribution in [-0.4, -0.2) is 57.6 Å². The van der Waals surface area contributed by atoms with Gasteiger partial charge in [0, 0.05) is 30.8 Å². The summed E-state index contributed by atoms with van der Waals surface area (Å²) in [5, 5.41) is 9.95. The van der Waals surface area contributed by atoms with Gasteiger partial charge in [-0.2, -0.15) is 0 Å². The summed E-state index contributed by atoms with van der Waals surface area (Å²) in [7, 11) is 1.67. The molecule has 1 aliphatic heterocycles. The van der Waals surface area contributed by atoms with Crippen molar-refractivity contribution in [1.29, 1.82) is 0 Å². The Bertz CT molecular complexity index is 773. The van der Waals surface area contributed by atoms with Crippen LogP contribution in [0.5, 0.6) is 0 Å². The van der Waals surface area contributed by atoms with Crippen molar-refractivity contribution in [3.63, 3.8) is 0 Å². The van der Waals surface area contributed by atoms with Crippen LogP contribution in [0.25, 0.3) is 11.4 Å². The van der Waals surface area contributed by atoms with Gasteiger partial charge in [-0.1, -0.05) is 36.2 Å². The van der Waals surface area contributed by atoms with Gasteiger partial charge in [0.1, 0.15) is 0 Å². The number of ether oxygens (including phenoxy) is 1. The minimum Gasteiger partial charge on any atom is -0.383 e. The number of aromatic nitrogens is 3. The summed E-state index contributed by atoms with van der Waals surface area (Å²) in [6.07, 6.45) is 4.60. The Morgan fingerprint density at radius 2 is 1.86 bits per heavy atom. The van der Waals surface area contributed by atoms with E-state index in [9.17, 15) is 4.79 Å². The number of rotatable bonds is 7. The van der Waals surface area contributed by atoms with Crippen molar-refractivity contribution >= 4 is 29.3 Å². The standard InChI is InChI=1S/C20H27ClN4O2S/c1-15(19(26)24-11-5-3-4-6-12-24)28-20-23-22-18(25(20)13-14-27-2)16-7-9-17(21)10-8-16/h7-10,15H,3-6,11-14H2,1-2H3/t15-/m1/s1. The molecule has 8 heteroatoms. The molecule has 3 rings (SSSR count). The number of carbonyl (C=O) groups excluding carboxylic acids is 1. The molecule has 1 atom stereocenters. The third-order valence-electron chi connectivity index (χ3n) is 4.89. The average molecular weight is 423 g/mol. The zero-order valence-electron chi connectivity index (χ0n) is 16.4. The molecule has 152 valence electrons. The maximum atomic E-state index is 12.9. The lowest BCUT2D eigenvalue weighted by Crippen LogP contribution is -2.37. The van der Waals surface area contributed by atoms with Crippen molar-refractivity contribution < 1.29 is 9.53 Å². The van der Waals surface area contributed by atoms with E-state index in [-0.39, 0.29) is 11.2 Å². The second-order valence-electron chi connectivity index (χ2n) is 6.96. The zero-order valence-corrected chi connectivity index (χ0v) is 18.0. The molecule has 1 aliphatic rings. The van der Waals surface area contributed by atoms with Crippen LogP contribution in [0.2, 0.25) is 5.02 Å². The quantitative estimate of drug-likeness (QED) is 0.628. The highest BCUT2D eigenvalue weighted by Crippen LogP contribution is 2.28. The lowest BCUT2D eigenvalue weighted by atomic mass is 10.2. The number of hydrogen-bond donors (Lipinski definition) is 0. The first-order valence-corrected chi connectivity index (χ1v) is 11.0. The summed E-state index contributed by atoms with van der Waals surface area (Å²) in [6, 6.07) is 7.53. The van der Waals surface area contributed by atoms with Gasteiger partial charge in [0.05, 0.1) is 18.4 Å². The van der Waals surface area contributed by atoms with Gasteiger partial charge in [0.15, 0.2) is 11.0 Å². The highest BCUT2D eigenvalue weighted by Gasteiger charge is 2.25. The molecule has 0 aliphatic carbocycles. The van der Waals surface area contributed by atoms with Crippen molar-refractivity contribution in [2.45, 2.75) is 49.6 Å². The monoisotopic (exact) mass is 422 g/mol. The van der Waals surface area contributed by atoms with Gasteiger partial charge in [0.2, 0.25) is 5.91 Å². The number of benzene rings is 1. The molecule has 0 N–H and O–H groups in total. The van der Waals surface area contributed by atoms with Gasteiger partial charge < -0.3 is 9.64 Å². The zero-order chi connectivity index (χ0) is 19.9. The Morgan fingerprint density at radius 1 is 1.18 bits per heavy atom. The van der Waals surface area contributed by atoms with Crippen LogP contribution < -0.4 is 0 Å². The highest BCUT2D eigenvalue weighted by molar-refractivity contribution is 8.00. The maximum absolute atomic E-state index is 12.9. The topological polar surface area (TPSA) is 60.2 Å². The minimum absolute atomic E-state index is 0.182. The van der Waals surface area contributed by atoms with Crippen molar-refractivity contribution in [1.82, 2.24) is 19.7 Å². The first-order chi connectivity index (χ1) is 13.6. The number of hydrogen-bond acceptors (Lipinski definition) is 5. The summed E-state index contributed by atoms with van der Waals surface area (Å²) >= 11 is 7.47. The average Bonchev–Trinajstić information content (AvgIpc) is 2.91. The van der Waals surface area contributed by atoms with Crippen molar-refractivity contribution in [3.8, 4) is 11.4 Å². The van der Waals surface area contributed by atoms with Crippen LogP contribution >= 0.6 is 23.4 Å². The summed E-state index contributed by atoms with van der Waals surface area (Å²) in [6.45, 7) is 4.83. The van der Waals surface area contributed by atoms with Crippen LogP contribution in [0, 0.1) is 0 Å². The number of carbonyl (C=O) groups is 1. The molecule has 1 fully saturated rings. The molecular formula is C20H27ClN4O2S. The maximum Gasteiger partial charge on any atom is 0.235 e. The van der Waals surface area contributed by atoms with Gasteiger partial charge in [-0.05, 0) is 44.0 Å². The van der Waals surface area contributed by atoms with E-state index in [0.717, 1.165) is 42.5 Å². The highest BCUT2D eigenvalue weighted by atomic mass is 35.5. The Balaban J connectivity index is 1.78. The van der Waals surface area contributed by atoms with Gasteiger partial charge in [-0.3, -0.25) is 9.36 Å². The van der Waals surface area contributed by atoms with Crippen LogP contribution in [0.1, 0.15) is 32.6 Å². The normalized spacial score (nSPS) is 16.0. The Morgan fingerprint density at radius 3 is 2.50 bits per heavy atom. The van der Waals surface area contributed by atoms with Crippen LogP contribution in [-0.2, 0) is 16.1 Å². The Hall–Kier alpha value is -1.57. The SMILES string of the molecule is COCCn1c(S[C@H](C)C(=O)N2CCCCCC2)nnc1-c1ccc(Cl)cc1. The molecule has 1 amide bonds. The molecule has 1 saturated heterocycles. The van der Waals surface area contributed by atoms with E-state index in [2.05, 4.69) is 10.2 Å². The van der Waals surface area contributed by atoms with E-state index in [1.165, 1.54) is 24.6 Å². The van der Waals surface area contributed by atoms with E-state index in [0.29, 0.717) is 18.2 Å². The molecule has 0 bridgehead atoms. The molecule has 2 aromatic rings. The first-order valence-electron chi connectivity index (χ1n) is 9.73. The lowest BCUT2D eigenvalue weighted by Gasteiger charge is -2.23. The second-order valence-corrected chi connectivity index (χ2v) is 8.70. The third kappa shape index (κ3) is 5.27. The Labute approximate surface area is 175 Å². The predicted octanol–water partition coefficient (Wildman–Crippen LogP) is 4.13. The Kier molecular flexibility index (Phi) is 7.76. The van der Waals surface area contributed by atoms with E-state index in [1.807, 2.05) is 40.7 Å². The number of halogens is 1. The van der Waals surface area contributed by atoms with Gasteiger partial charge in [-0.25, -0.2) is 0 Å². The molecule has 0 unspecified atom stereocenters. The predicted molar refractivity (Wildman–Crippen MR) is 113 cm³/mol. The molecule has 0 radical (unpaired) electrons. The number of methoxy groups -OCH3 is 1. The third-order valence-corrected chi connectivity index (χ3v) is 6.21. The number of amides is 1. The molecule has 1 aromatic carbocycles. The first kappa shape index (κ1) is 21.1. The van der Waals surface area contributed by atoms with E-state index in [1.54, 1.807) is 7.11 Å². The summed E-state index contributed by atoms with van der Waals surface area (Å²) < 4.78 is 7.28. The fourth-order valence-corrected chi connectivity index (χ4v) is 4.41. The molecule has 2 heterocycles. The van der Waals surface area contributed by atoms with Crippen molar-refractivity contribution in [2.75, 3.05) is 26.8 Å². The molecule has 28 heavy (non-hydrogen) atoms. The molecule has 0 spiro atoms. The van der Waals surface area contributed by atoms with Crippen molar-refractivity contribution in [3.05, 3.63) is 29.3 Å². The fraction of sp³-hybridized carbons (Fsp3) is 0.550. The number of thioether (sulfide) groups is 1. The van der Waals surface area contributed by atoms with E-state index in [4.69, 9.17) is 16.3 Å². The van der Waals surface area contributed by atoms with Gasteiger partial charge in [0.25, 0.3) is 0 Å². The molecule has 6 nitrogen and oxygen atoms in total. The second kappa shape index (κ2) is 10.3. The fourth-order valence-electron chi connectivity index (χ4n) is 3.33. The van der Waals surface area contributed by atoms with E-state index < -0.39 is 0 Å².